The van der Waals surface area contributed by atoms with E-state index in [0.29, 0.717) is 0 Å². The molecule has 11 aromatic rings. The normalized spacial score (nSPS) is 12.0. The minimum absolute atomic E-state index is 1.15. The molecule has 8 aromatic carbocycles. The van der Waals surface area contributed by atoms with Crippen LogP contribution in [0.25, 0.3) is 78.6 Å². The molecule has 0 spiro atoms. The fourth-order valence-corrected chi connectivity index (χ4v) is 10.3. The van der Waals surface area contributed by atoms with Gasteiger partial charge in [-0.05, 0) is 72.1 Å². The van der Waals surface area contributed by atoms with Crippen molar-refractivity contribution < 1.29 is 0 Å². The van der Waals surface area contributed by atoms with Crippen LogP contribution in [0.1, 0.15) is 0 Å². The maximum absolute atomic E-state index is 2.57. The van der Waals surface area contributed by atoms with Gasteiger partial charge in [-0.3, -0.25) is 0 Å². The van der Waals surface area contributed by atoms with E-state index < -0.39 is 0 Å². The Hall–Kier alpha value is -5.94. The molecule has 234 valence electrons. The number of hydrogen-bond acceptors (Lipinski definition) is 3. The summed E-state index contributed by atoms with van der Waals surface area (Å²) in [4.78, 5) is 2.57. The van der Waals surface area contributed by atoms with Gasteiger partial charge in [0.25, 0.3) is 0 Å². The lowest BCUT2D eigenvalue weighted by atomic mass is 10.0. The molecule has 0 aliphatic heterocycles. The molecule has 2 nitrogen and oxygen atoms in total. The van der Waals surface area contributed by atoms with Crippen molar-refractivity contribution in [1.82, 2.24) is 4.57 Å². The van der Waals surface area contributed by atoms with Crippen LogP contribution in [-0.4, -0.2) is 4.57 Å². The fraction of sp³-hybridized carbons (Fsp3) is 0. The lowest BCUT2D eigenvalue weighted by Gasteiger charge is -2.28. The van der Waals surface area contributed by atoms with E-state index in [1.165, 1.54) is 84.3 Å². The summed E-state index contributed by atoms with van der Waals surface area (Å²) in [6, 6.07) is 62.5. The van der Waals surface area contributed by atoms with Crippen LogP contribution in [0.15, 0.2) is 170 Å². The number of para-hydroxylation sites is 2. The second-order valence-electron chi connectivity index (χ2n) is 12.9. The number of anilines is 3. The summed E-state index contributed by atoms with van der Waals surface area (Å²) < 4.78 is 7.64. The smallest absolute Gasteiger partial charge is 0.0719 e. The molecule has 0 bridgehead atoms. The van der Waals surface area contributed by atoms with Crippen LogP contribution in [0.5, 0.6) is 0 Å². The quantitative estimate of drug-likeness (QED) is 0.181. The Bertz CT molecular complexity index is 3110. The maximum atomic E-state index is 2.57. The molecule has 0 amide bonds. The Labute approximate surface area is 296 Å². The molecule has 0 atom stereocenters. The SMILES string of the molecule is c1ccc(-n2c3ccccc3c3c(N(c4ccc5sc6ccccc6c5c4)c4c5ccccc5cc5c4sc4ccccc45)cccc32)cc1. The highest BCUT2D eigenvalue weighted by molar-refractivity contribution is 7.26. The van der Waals surface area contributed by atoms with Gasteiger partial charge in [0.15, 0.2) is 0 Å². The molecular formula is C46H28N2S2. The number of aromatic nitrogens is 1. The molecule has 0 unspecified atom stereocenters. The lowest BCUT2D eigenvalue weighted by Crippen LogP contribution is -2.11. The third-order valence-corrected chi connectivity index (χ3v) is 12.5. The molecule has 3 heterocycles. The molecule has 0 fully saturated rings. The van der Waals surface area contributed by atoms with E-state index in [4.69, 9.17) is 0 Å². The summed E-state index contributed by atoms with van der Waals surface area (Å²) in [6.45, 7) is 0. The van der Waals surface area contributed by atoms with Crippen molar-refractivity contribution in [1.29, 1.82) is 0 Å². The van der Waals surface area contributed by atoms with Gasteiger partial charge in [-0.15, -0.1) is 22.7 Å². The van der Waals surface area contributed by atoms with E-state index >= 15 is 0 Å². The van der Waals surface area contributed by atoms with Gasteiger partial charge in [0, 0.05) is 63.2 Å². The first kappa shape index (κ1) is 28.0. The summed E-state index contributed by atoms with van der Waals surface area (Å²) >= 11 is 3.76. The monoisotopic (exact) mass is 672 g/mol. The van der Waals surface area contributed by atoms with Crippen molar-refractivity contribution in [3.63, 3.8) is 0 Å². The average molecular weight is 673 g/mol. The minimum Gasteiger partial charge on any atom is -0.309 e. The molecule has 0 saturated heterocycles. The van der Waals surface area contributed by atoms with Crippen LogP contribution in [0, 0.1) is 0 Å². The zero-order chi connectivity index (χ0) is 32.8. The standard InChI is InChI=1S/C46H28N2S2/c1-2-14-30(15-3-1)47-38-20-9-6-19-35(38)44-39(47)21-12-22-40(44)48(31-25-26-43-36(28-31)33-17-7-10-23-41(33)49-43)45-32-16-5-4-13-29(32)27-37-34-18-8-11-24-42(34)50-46(37)45/h1-28H. The number of rotatable bonds is 4. The van der Waals surface area contributed by atoms with Crippen molar-refractivity contribution in [2.45, 2.75) is 0 Å². The van der Waals surface area contributed by atoms with E-state index in [2.05, 4.69) is 179 Å². The van der Waals surface area contributed by atoms with Crippen molar-refractivity contribution in [2.75, 3.05) is 4.90 Å². The Morgan fingerprint density at radius 1 is 0.420 bits per heavy atom. The van der Waals surface area contributed by atoms with Gasteiger partial charge in [0.05, 0.1) is 27.1 Å². The van der Waals surface area contributed by atoms with E-state index in [1.807, 2.05) is 22.7 Å². The first-order valence-electron chi connectivity index (χ1n) is 16.9. The second kappa shape index (κ2) is 10.8. The third kappa shape index (κ3) is 4.01. The number of nitrogens with zero attached hydrogens (tertiary/aromatic N) is 2. The number of fused-ring (bicyclic) bond motifs is 10. The second-order valence-corrected chi connectivity index (χ2v) is 15.0. The van der Waals surface area contributed by atoms with E-state index in [9.17, 15) is 0 Å². The predicted octanol–water partition coefficient (Wildman–Crippen LogP) is 14.1. The molecule has 0 N–H and O–H groups in total. The minimum atomic E-state index is 1.15. The van der Waals surface area contributed by atoms with Gasteiger partial charge >= 0.3 is 0 Å². The van der Waals surface area contributed by atoms with Crippen LogP contribution in [0.3, 0.4) is 0 Å². The summed E-state index contributed by atoms with van der Waals surface area (Å²) in [6.07, 6.45) is 0. The van der Waals surface area contributed by atoms with E-state index in [0.717, 1.165) is 11.4 Å². The van der Waals surface area contributed by atoms with Gasteiger partial charge in [0.2, 0.25) is 0 Å². The van der Waals surface area contributed by atoms with Crippen LogP contribution < -0.4 is 4.90 Å². The maximum Gasteiger partial charge on any atom is 0.0719 e. The van der Waals surface area contributed by atoms with Gasteiger partial charge in [-0.2, -0.15) is 0 Å². The Balaban J connectivity index is 1.33. The molecule has 50 heavy (non-hydrogen) atoms. The van der Waals surface area contributed by atoms with Crippen LogP contribution in [-0.2, 0) is 0 Å². The Morgan fingerprint density at radius 2 is 1.06 bits per heavy atom. The molecule has 4 heteroatoms. The molecule has 0 aliphatic rings. The topological polar surface area (TPSA) is 8.17 Å². The zero-order valence-corrected chi connectivity index (χ0v) is 28.5. The van der Waals surface area contributed by atoms with Gasteiger partial charge in [0.1, 0.15) is 0 Å². The summed E-state index contributed by atoms with van der Waals surface area (Å²) in [5.74, 6) is 0. The number of benzene rings is 8. The van der Waals surface area contributed by atoms with Gasteiger partial charge < -0.3 is 9.47 Å². The summed E-state index contributed by atoms with van der Waals surface area (Å²) in [5, 5.41) is 10.2. The predicted molar refractivity (Wildman–Crippen MR) is 219 cm³/mol. The first-order valence-corrected chi connectivity index (χ1v) is 18.6. The molecule has 3 aromatic heterocycles. The van der Waals surface area contributed by atoms with Gasteiger partial charge in [-0.1, -0.05) is 103 Å². The van der Waals surface area contributed by atoms with Crippen molar-refractivity contribution in [3.8, 4) is 5.69 Å². The van der Waals surface area contributed by atoms with Crippen molar-refractivity contribution in [3.05, 3.63) is 170 Å². The number of thiophene rings is 2. The Morgan fingerprint density at radius 3 is 1.90 bits per heavy atom. The highest BCUT2D eigenvalue weighted by atomic mass is 32.1. The average Bonchev–Trinajstić information content (AvgIpc) is 3.85. The third-order valence-electron chi connectivity index (χ3n) is 10.1. The molecular weight excluding hydrogens is 645 g/mol. The molecule has 0 radical (unpaired) electrons. The lowest BCUT2D eigenvalue weighted by molar-refractivity contribution is 1.18. The van der Waals surface area contributed by atoms with E-state index in [-0.39, 0.29) is 0 Å². The van der Waals surface area contributed by atoms with Crippen molar-refractivity contribution >= 4 is 113 Å². The highest BCUT2D eigenvalue weighted by Gasteiger charge is 2.25. The molecule has 0 aliphatic carbocycles. The van der Waals surface area contributed by atoms with Crippen LogP contribution in [0.2, 0.25) is 0 Å². The van der Waals surface area contributed by atoms with Crippen LogP contribution >= 0.6 is 22.7 Å². The van der Waals surface area contributed by atoms with E-state index in [1.54, 1.807) is 0 Å². The number of hydrogen-bond donors (Lipinski definition) is 0. The first-order chi connectivity index (χ1) is 24.8. The zero-order valence-electron chi connectivity index (χ0n) is 26.9. The van der Waals surface area contributed by atoms with Crippen LogP contribution in [0.4, 0.5) is 17.1 Å². The fourth-order valence-electron chi connectivity index (χ4n) is 8.01. The highest BCUT2D eigenvalue weighted by Crippen LogP contribution is 2.52. The Kier molecular flexibility index (Phi) is 6.03. The van der Waals surface area contributed by atoms with Gasteiger partial charge in [-0.25, -0.2) is 0 Å². The van der Waals surface area contributed by atoms with Crippen molar-refractivity contribution in [2.24, 2.45) is 0 Å². The molecule has 0 saturated carbocycles. The largest absolute Gasteiger partial charge is 0.309 e. The molecule has 11 rings (SSSR count). The summed E-state index contributed by atoms with van der Waals surface area (Å²) in [7, 11) is 0. The summed E-state index contributed by atoms with van der Waals surface area (Å²) in [5.41, 5.74) is 7.09.